The first-order valence-corrected chi connectivity index (χ1v) is 5.65. The molecule has 0 amide bonds. The molecule has 0 unspecified atom stereocenters. The Kier molecular flexibility index (Phi) is 3.73. The Morgan fingerprint density at radius 3 is 1.94 bits per heavy atom. The van der Waals surface area contributed by atoms with Gasteiger partial charge in [-0.15, -0.1) is 0 Å². The van der Waals surface area contributed by atoms with Crippen molar-refractivity contribution in [2.45, 2.75) is 13.0 Å². The minimum Gasteiger partial charge on any atom is -0.316 e. The molecule has 0 fully saturated rings. The van der Waals surface area contributed by atoms with Crippen LogP contribution in [0.5, 0.6) is 0 Å². The number of benzene rings is 2. The third kappa shape index (κ3) is 2.94. The van der Waals surface area contributed by atoms with E-state index in [0.29, 0.717) is 0 Å². The number of nitrogens with one attached hydrogen (secondary N) is 1. The zero-order valence-electron chi connectivity index (χ0n) is 9.61. The first kappa shape index (κ1) is 10.9. The summed E-state index contributed by atoms with van der Waals surface area (Å²) >= 11 is 0. The second-order valence-corrected chi connectivity index (χ2v) is 4.01. The lowest BCUT2D eigenvalue weighted by Gasteiger charge is -2.04. The molecule has 1 heteroatoms. The van der Waals surface area contributed by atoms with Gasteiger partial charge in [-0.3, -0.25) is 0 Å². The molecule has 2 aromatic carbocycles. The zero-order valence-corrected chi connectivity index (χ0v) is 9.61. The molecule has 0 aliphatic heterocycles. The molecule has 0 spiro atoms. The smallest absolute Gasteiger partial charge is 0.0202 e. The highest BCUT2D eigenvalue weighted by atomic mass is 14.8. The van der Waals surface area contributed by atoms with Crippen molar-refractivity contribution in [1.29, 1.82) is 0 Å². The molecule has 1 N–H and O–H groups in total. The molecule has 0 saturated heterocycles. The first-order valence-electron chi connectivity index (χ1n) is 5.65. The standard InChI is InChI=1S/C15H17N/c1-16-12-15-9-7-14(8-10-15)11-13-5-3-2-4-6-13/h2-10,16H,11-12H2,1H3. The van der Waals surface area contributed by atoms with Gasteiger partial charge in [0.25, 0.3) is 0 Å². The van der Waals surface area contributed by atoms with Crippen molar-refractivity contribution in [2.24, 2.45) is 0 Å². The predicted molar refractivity (Wildman–Crippen MR) is 68.5 cm³/mol. The van der Waals surface area contributed by atoms with Crippen LogP contribution in [0, 0.1) is 0 Å². The topological polar surface area (TPSA) is 12.0 Å². The molecule has 0 aliphatic rings. The monoisotopic (exact) mass is 211 g/mol. The lowest BCUT2D eigenvalue weighted by molar-refractivity contribution is 0.817. The average molecular weight is 211 g/mol. The summed E-state index contributed by atoms with van der Waals surface area (Å²) in [6.45, 7) is 0.936. The van der Waals surface area contributed by atoms with Gasteiger partial charge in [0.1, 0.15) is 0 Å². The summed E-state index contributed by atoms with van der Waals surface area (Å²) < 4.78 is 0. The average Bonchev–Trinajstić information content (AvgIpc) is 2.33. The van der Waals surface area contributed by atoms with E-state index >= 15 is 0 Å². The molecular formula is C15H17N. The van der Waals surface area contributed by atoms with Gasteiger partial charge in [0, 0.05) is 6.54 Å². The fraction of sp³-hybridized carbons (Fsp3) is 0.200. The van der Waals surface area contributed by atoms with E-state index in [0.717, 1.165) is 13.0 Å². The van der Waals surface area contributed by atoms with Crippen LogP contribution in [-0.4, -0.2) is 7.05 Å². The van der Waals surface area contributed by atoms with Crippen molar-refractivity contribution in [3.05, 3.63) is 71.3 Å². The van der Waals surface area contributed by atoms with Crippen molar-refractivity contribution in [3.8, 4) is 0 Å². The van der Waals surface area contributed by atoms with Crippen LogP contribution in [0.15, 0.2) is 54.6 Å². The maximum Gasteiger partial charge on any atom is 0.0202 e. The molecule has 1 nitrogen and oxygen atoms in total. The van der Waals surface area contributed by atoms with Crippen molar-refractivity contribution < 1.29 is 0 Å². The van der Waals surface area contributed by atoms with Gasteiger partial charge < -0.3 is 5.32 Å². The Morgan fingerprint density at radius 2 is 1.31 bits per heavy atom. The van der Waals surface area contributed by atoms with Crippen LogP contribution in [0.3, 0.4) is 0 Å². The highest BCUT2D eigenvalue weighted by Gasteiger charge is 1.96. The van der Waals surface area contributed by atoms with Gasteiger partial charge in [0.2, 0.25) is 0 Å². The van der Waals surface area contributed by atoms with Crippen LogP contribution < -0.4 is 5.32 Å². The largest absolute Gasteiger partial charge is 0.316 e. The summed E-state index contributed by atoms with van der Waals surface area (Å²) in [7, 11) is 1.97. The molecule has 82 valence electrons. The van der Waals surface area contributed by atoms with E-state index in [4.69, 9.17) is 0 Å². The summed E-state index contributed by atoms with van der Waals surface area (Å²) in [6.07, 6.45) is 1.01. The van der Waals surface area contributed by atoms with Gasteiger partial charge in [-0.2, -0.15) is 0 Å². The normalized spacial score (nSPS) is 10.3. The molecule has 0 heterocycles. The maximum atomic E-state index is 3.15. The van der Waals surface area contributed by atoms with E-state index in [1.807, 2.05) is 7.05 Å². The second kappa shape index (κ2) is 5.47. The Labute approximate surface area is 97.1 Å². The third-order valence-corrected chi connectivity index (χ3v) is 2.65. The Balaban J connectivity index is 2.05. The molecule has 16 heavy (non-hydrogen) atoms. The lowest BCUT2D eigenvalue weighted by Crippen LogP contribution is -2.04. The van der Waals surface area contributed by atoms with E-state index in [1.165, 1.54) is 16.7 Å². The van der Waals surface area contributed by atoms with Crippen molar-refractivity contribution in [2.75, 3.05) is 7.05 Å². The molecule has 0 bridgehead atoms. The summed E-state index contributed by atoms with van der Waals surface area (Å²) in [5.74, 6) is 0. The Morgan fingerprint density at radius 1 is 0.750 bits per heavy atom. The molecule has 2 aromatic rings. The fourth-order valence-corrected chi connectivity index (χ4v) is 1.81. The lowest BCUT2D eigenvalue weighted by atomic mass is 10.0. The van der Waals surface area contributed by atoms with Crippen LogP contribution in [0.4, 0.5) is 0 Å². The molecule has 0 atom stereocenters. The van der Waals surface area contributed by atoms with E-state index in [2.05, 4.69) is 59.9 Å². The second-order valence-electron chi connectivity index (χ2n) is 4.01. The van der Waals surface area contributed by atoms with Crippen LogP contribution >= 0.6 is 0 Å². The number of hydrogen-bond donors (Lipinski definition) is 1. The maximum absolute atomic E-state index is 3.15. The SMILES string of the molecule is CNCc1ccc(Cc2ccccc2)cc1. The highest BCUT2D eigenvalue weighted by Crippen LogP contribution is 2.10. The van der Waals surface area contributed by atoms with Crippen LogP contribution in [0.1, 0.15) is 16.7 Å². The molecule has 2 rings (SSSR count). The van der Waals surface area contributed by atoms with E-state index < -0.39 is 0 Å². The van der Waals surface area contributed by atoms with E-state index in [9.17, 15) is 0 Å². The summed E-state index contributed by atoms with van der Waals surface area (Å²) in [4.78, 5) is 0. The summed E-state index contributed by atoms with van der Waals surface area (Å²) in [6, 6.07) is 19.4. The molecule has 0 aromatic heterocycles. The van der Waals surface area contributed by atoms with Crippen LogP contribution in [0.25, 0.3) is 0 Å². The minimum absolute atomic E-state index is 0.936. The first-order chi connectivity index (χ1) is 7.88. The summed E-state index contributed by atoms with van der Waals surface area (Å²) in [5, 5.41) is 3.15. The zero-order chi connectivity index (χ0) is 11.2. The van der Waals surface area contributed by atoms with Crippen LogP contribution in [0.2, 0.25) is 0 Å². The van der Waals surface area contributed by atoms with Gasteiger partial charge in [-0.25, -0.2) is 0 Å². The summed E-state index contributed by atoms with van der Waals surface area (Å²) in [5.41, 5.74) is 4.06. The molecule has 0 radical (unpaired) electrons. The van der Waals surface area contributed by atoms with Crippen molar-refractivity contribution in [1.82, 2.24) is 5.32 Å². The van der Waals surface area contributed by atoms with Gasteiger partial charge in [-0.05, 0) is 30.2 Å². The fourth-order valence-electron chi connectivity index (χ4n) is 1.81. The quantitative estimate of drug-likeness (QED) is 0.819. The van der Waals surface area contributed by atoms with Gasteiger partial charge in [-0.1, -0.05) is 54.6 Å². The molecule has 0 aliphatic carbocycles. The number of rotatable bonds is 4. The highest BCUT2D eigenvalue weighted by molar-refractivity contribution is 5.28. The third-order valence-electron chi connectivity index (χ3n) is 2.65. The molecular weight excluding hydrogens is 194 g/mol. The number of hydrogen-bond acceptors (Lipinski definition) is 1. The van der Waals surface area contributed by atoms with E-state index in [-0.39, 0.29) is 0 Å². The molecule has 0 saturated carbocycles. The van der Waals surface area contributed by atoms with Crippen molar-refractivity contribution >= 4 is 0 Å². The Bertz CT molecular complexity index is 417. The van der Waals surface area contributed by atoms with Gasteiger partial charge in [0.15, 0.2) is 0 Å². The predicted octanol–water partition coefficient (Wildman–Crippen LogP) is 3.00. The Hall–Kier alpha value is -1.60. The van der Waals surface area contributed by atoms with Gasteiger partial charge in [0.05, 0.1) is 0 Å². The van der Waals surface area contributed by atoms with Crippen LogP contribution in [-0.2, 0) is 13.0 Å². The minimum atomic E-state index is 0.936. The van der Waals surface area contributed by atoms with E-state index in [1.54, 1.807) is 0 Å². The van der Waals surface area contributed by atoms with Crippen molar-refractivity contribution in [3.63, 3.8) is 0 Å². The van der Waals surface area contributed by atoms with Gasteiger partial charge >= 0.3 is 0 Å².